The number of benzene rings is 2. The Bertz CT molecular complexity index is 1570. The van der Waals surface area contributed by atoms with E-state index in [1.165, 1.54) is 30.6 Å². The molecular formula is C30H26F6N4O. The lowest BCUT2D eigenvalue weighted by atomic mass is 9.84. The summed E-state index contributed by atoms with van der Waals surface area (Å²) in [5.41, 5.74) is 6.82. The Morgan fingerprint density at radius 1 is 1.05 bits per heavy atom. The number of ketones is 1. The Hall–Kier alpha value is -4.41. The smallest absolute Gasteiger partial charge is 0.399 e. The van der Waals surface area contributed by atoms with Gasteiger partial charge in [0.25, 0.3) is 0 Å². The molecule has 4 aromatic rings. The molecule has 41 heavy (non-hydrogen) atoms. The van der Waals surface area contributed by atoms with Crippen molar-refractivity contribution < 1.29 is 31.1 Å². The van der Waals surface area contributed by atoms with Gasteiger partial charge in [-0.1, -0.05) is 19.6 Å². The number of hydrogen-bond donors (Lipinski definition) is 1. The van der Waals surface area contributed by atoms with Crippen molar-refractivity contribution in [1.29, 1.82) is 0 Å². The fraction of sp³-hybridized carbons (Fsp3) is 0.233. The van der Waals surface area contributed by atoms with Crippen molar-refractivity contribution >= 4 is 11.5 Å². The molecule has 0 aliphatic carbocycles. The van der Waals surface area contributed by atoms with E-state index in [-0.39, 0.29) is 41.8 Å². The fourth-order valence-electron chi connectivity index (χ4n) is 4.76. The third-order valence-corrected chi connectivity index (χ3v) is 6.64. The van der Waals surface area contributed by atoms with Crippen molar-refractivity contribution in [2.45, 2.75) is 44.8 Å². The molecule has 0 spiro atoms. The molecule has 0 amide bonds. The van der Waals surface area contributed by atoms with Crippen LogP contribution < -0.4 is 5.73 Å². The summed E-state index contributed by atoms with van der Waals surface area (Å²) in [7, 11) is 0. The second-order valence-electron chi connectivity index (χ2n) is 9.63. The first kappa shape index (κ1) is 29.6. The number of nitrogens with zero attached hydrogens (tertiary/aromatic N) is 3. The zero-order valence-corrected chi connectivity index (χ0v) is 22.0. The Morgan fingerprint density at radius 3 is 2.39 bits per heavy atom. The molecule has 2 N–H and O–H groups in total. The average molecular weight is 573 g/mol. The highest BCUT2D eigenvalue weighted by molar-refractivity contribution is 5.80. The lowest BCUT2D eigenvalue weighted by molar-refractivity contribution is -0.141. The van der Waals surface area contributed by atoms with Gasteiger partial charge in [0.2, 0.25) is 0 Å². The number of halogens is 6. The van der Waals surface area contributed by atoms with Gasteiger partial charge in [-0.25, -0.2) is 13.2 Å². The SMILES string of the molecule is C=C(N)c1cc(-c2ccncc2[C@@H](CC(=O)Cn2nc(C(F)(F)F)cc2CC)Cc2cc(F)cc(F)c2)ccc1F. The van der Waals surface area contributed by atoms with E-state index >= 15 is 0 Å². The summed E-state index contributed by atoms with van der Waals surface area (Å²) in [5.74, 6) is -3.34. The van der Waals surface area contributed by atoms with E-state index in [2.05, 4.69) is 16.7 Å². The predicted octanol–water partition coefficient (Wildman–Crippen LogP) is 6.86. The summed E-state index contributed by atoms with van der Waals surface area (Å²) >= 11 is 0. The van der Waals surface area contributed by atoms with E-state index < -0.39 is 47.6 Å². The summed E-state index contributed by atoms with van der Waals surface area (Å²) in [4.78, 5) is 17.5. The van der Waals surface area contributed by atoms with Gasteiger partial charge in [0, 0.05) is 41.8 Å². The van der Waals surface area contributed by atoms with Gasteiger partial charge < -0.3 is 5.73 Å². The molecule has 2 heterocycles. The van der Waals surface area contributed by atoms with Crippen molar-refractivity contribution in [2.75, 3.05) is 0 Å². The minimum Gasteiger partial charge on any atom is -0.399 e. The van der Waals surface area contributed by atoms with Crippen LogP contribution in [0.4, 0.5) is 26.3 Å². The first-order valence-corrected chi connectivity index (χ1v) is 12.6. The van der Waals surface area contributed by atoms with E-state index in [0.29, 0.717) is 16.7 Å². The molecule has 0 saturated carbocycles. The van der Waals surface area contributed by atoms with Gasteiger partial charge in [0.05, 0.1) is 6.54 Å². The molecule has 0 bridgehead atoms. The van der Waals surface area contributed by atoms with Gasteiger partial charge in [-0.15, -0.1) is 0 Å². The molecular weight excluding hydrogens is 546 g/mol. The first-order chi connectivity index (χ1) is 19.3. The molecule has 11 heteroatoms. The Kier molecular flexibility index (Phi) is 8.65. The number of Topliss-reactive ketones (excluding diaryl/α,β-unsaturated/α-hetero) is 1. The van der Waals surface area contributed by atoms with Gasteiger partial charge in [-0.05, 0) is 77.4 Å². The second kappa shape index (κ2) is 12.0. The highest BCUT2D eigenvalue weighted by atomic mass is 19.4. The summed E-state index contributed by atoms with van der Waals surface area (Å²) in [6.07, 6.45) is -1.67. The summed E-state index contributed by atoms with van der Waals surface area (Å²) in [5, 5.41) is 3.58. The van der Waals surface area contributed by atoms with Gasteiger partial charge in [-0.2, -0.15) is 18.3 Å². The molecule has 4 rings (SSSR count). The minimum atomic E-state index is -4.67. The molecule has 214 valence electrons. The molecule has 2 aromatic heterocycles. The number of nitrogens with two attached hydrogens (primary N) is 1. The van der Waals surface area contributed by atoms with Crippen molar-refractivity contribution in [3.8, 4) is 11.1 Å². The summed E-state index contributed by atoms with van der Waals surface area (Å²) in [6, 6.07) is 9.78. The van der Waals surface area contributed by atoms with Crippen LogP contribution in [-0.2, 0) is 30.4 Å². The molecule has 0 saturated heterocycles. The number of rotatable bonds is 10. The fourth-order valence-corrected chi connectivity index (χ4v) is 4.76. The minimum absolute atomic E-state index is 0.00427. The normalized spacial score (nSPS) is 12.4. The maximum absolute atomic E-state index is 14.3. The number of carbonyl (C=O) groups is 1. The highest BCUT2D eigenvalue weighted by Gasteiger charge is 2.35. The van der Waals surface area contributed by atoms with Crippen LogP contribution in [0.5, 0.6) is 0 Å². The van der Waals surface area contributed by atoms with Crippen LogP contribution >= 0.6 is 0 Å². The van der Waals surface area contributed by atoms with Crippen LogP contribution in [0.15, 0.2) is 67.5 Å². The van der Waals surface area contributed by atoms with Crippen molar-refractivity contribution in [3.05, 3.63) is 113 Å². The molecule has 2 aromatic carbocycles. The van der Waals surface area contributed by atoms with Gasteiger partial charge >= 0.3 is 6.18 Å². The van der Waals surface area contributed by atoms with Crippen LogP contribution in [0.3, 0.4) is 0 Å². The van der Waals surface area contributed by atoms with E-state index in [1.54, 1.807) is 13.0 Å². The second-order valence-corrected chi connectivity index (χ2v) is 9.63. The highest BCUT2D eigenvalue weighted by Crippen LogP contribution is 2.35. The van der Waals surface area contributed by atoms with Gasteiger partial charge in [0.1, 0.15) is 17.5 Å². The topological polar surface area (TPSA) is 73.8 Å². The largest absolute Gasteiger partial charge is 0.435 e. The lowest BCUT2D eigenvalue weighted by Gasteiger charge is -2.21. The van der Waals surface area contributed by atoms with Gasteiger partial charge in [0.15, 0.2) is 11.5 Å². The molecule has 0 aliphatic heterocycles. The monoisotopic (exact) mass is 572 g/mol. The number of carbonyl (C=O) groups excluding carboxylic acids is 1. The zero-order chi connectivity index (χ0) is 29.9. The van der Waals surface area contributed by atoms with Crippen LogP contribution in [0.2, 0.25) is 0 Å². The molecule has 5 nitrogen and oxygen atoms in total. The van der Waals surface area contributed by atoms with E-state index in [4.69, 9.17) is 5.73 Å². The third-order valence-electron chi connectivity index (χ3n) is 6.64. The van der Waals surface area contributed by atoms with Crippen LogP contribution in [0.1, 0.15) is 47.3 Å². The van der Waals surface area contributed by atoms with E-state index in [1.807, 2.05) is 0 Å². The van der Waals surface area contributed by atoms with Gasteiger partial charge in [-0.3, -0.25) is 14.5 Å². The third kappa shape index (κ3) is 7.03. The number of alkyl halides is 3. The standard InChI is InChI=1S/C30H26F6N4O/c1-3-23-14-29(30(34,35)36)39-40(23)16-24(41)11-20(8-18-9-21(31)13-22(32)10-18)27-15-38-7-6-25(27)19-4-5-28(33)26(12-19)17(2)37/h4-7,9-10,12-15,20H,2-3,8,11,16,37H2,1H3/t20-/m1/s1. The summed E-state index contributed by atoms with van der Waals surface area (Å²) in [6.45, 7) is 4.81. The summed E-state index contributed by atoms with van der Waals surface area (Å²) < 4.78 is 83.1. The van der Waals surface area contributed by atoms with Crippen molar-refractivity contribution in [2.24, 2.45) is 5.73 Å². The quantitative estimate of drug-likeness (QED) is 0.211. The Labute approximate surface area is 232 Å². The first-order valence-electron chi connectivity index (χ1n) is 12.6. The van der Waals surface area contributed by atoms with E-state index in [9.17, 15) is 31.1 Å². The average Bonchev–Trinajstić information content (AvgIpc) is 3.31. The molecule has 0 radical (unpaired) electrons. The molecule has 0 unspecified atom stereocenters. The molecule has 0 aliphatic rings. The predicted molar refractivity (Wildman–Crippen MR) is 142 cm³/mol. The van der Waals surface area contributed by atoms with Crippen LogP contribution in [0.25, 0.3) is 16.8 Å². The molecule has 1 atom stereocenters. The van der Waals surface area contributed by atoms with Crippen molar-refractivity contribution in [1.82, 2.24) is 14.8 Å². The zero-order valence-electron chi connectivity index (χ0n) is 22.0. The maximum atomic E-state index is 14.3. The number of aromatic nitrogens is 3. The number of hydrogen-bond acceptors (Lipinski definition) is 4. The molecule has 0 fully saturated rings. The maximum Gasteiger partial charge on any atom is 0.435 e. The van der Waals surface area contributed by atoms with Crippen molar-refractivity contribution in [3.63, 3.8) is 0 Å². The van der Waals surface area contributed by atoms with Crippen LogP contribution in [0, 0.1) is 17.5 Å². The number of aryl methyl sites for hydroxylation is 1. The Balaban J connectivity index is 1.74. The Morgan fingerprint density at radius 2 is 1.76 bits per heavy atom. The van der Waals surface area contributed by atoms with E-state index in [0.717, 1.165) is 28.9 Å². The number of pyridine rings is 1. The van der Waals surface area contributed by atoms with Crippen LogP contribution in [-0.4, -0.2) is 20.5 Å². The lowest BCUT2D eigenvalue weighted by Crippen LogP contribution is -2.19.